The molecule has 0 aliphatic heterocycles. The molecule has 0 spiro atoms. The van der Waals surface area contributed by atoms with Gasteiger partial charge in [-0.3, -0.25) is 0 Å². The van der Waals surface area contributed by atoms with Gasteiger partial charge in [0.05, 0.1) is 0 Å². The van der Waals surface area contributed by atoms with Gasteiger partial charge in [0, 0.05) is 13.2 Å². The topological polar surface area (TPSA) is 9.23 Å². The second-order valence-corrected chi connectivity index (χ2v) is 7.98. The van der Waals surface area contributed by atoms with Crippen LogP contribution in [0.3, 0.4) is 0 Å². The zero-order valence-electron chi connectivity index (χ0n) is 20.7. The normalized spacial score (nSPS) is 10.8. The van der Waals surface area contributed by atoms with Crippen molar-refractivity contribution < 1.29 is 7.59 Å². The van der Waals surface area contributed by atoms with Gasteiger partial charge >= 0.3 is 37.7 Å². The van der Waals surface area contributed by atoms with Gasteiger partial charge in [-0.1, -0.05) is 129 Å². The van der Waals surface area contributed by atoms with Crippen molar-refractivity contribution in [2.24, 2.45) is 0 Å². The molecule has 2 heteroatoms. The Bertz CT molecular complexity index is 209. The smallest absolute Gasteiger partial charge is 1.00 e. The average molecular weight is 397 g/mol. The number of hydrogen-bond donors (Lipinski definition) is 0. The third-order valence-corrected chi connectivity index (χ3v) is 5.28. The molecule has 0 fully saturated rings. The maximum atomic E-state index is 5.78. The third-order valence-electron chi connectivity index (χ3n) is 5.28. The van der Waals surface area contributed by atoms with Crippen LogP contribution in [0.15, 0.2) is 0 Å². The third kappa shape index (κ3) is 27.4. The average Bonchev–Trinajstić information content (AvgIpc) is 2.63. The van der Waals surface area contributed by atoms with E-state index in [1.807, 2.05) is 0 Å². The maximum Gasteiger partial charge on any atom is 2.00 e. The van der Waals surface area contributed by atoms with Crippen LogP contribution in [0.4, 0.5) is 0 Å². The molecule has 0 saturated carbocycles. The number of ether oxygens (including phenoxy) is 1. The fourth-order valence-electron chi connectivity index (χ4n) is 3.49. The van der Waals surface area contributed by atoms with Crippen LogP contribution in [0.5, 0.6) is 0 Å². The van der Waals surface area contributed by atoms with E-state index in [2.05, 4.69) is 13.8 Å². The summed E-state index contributed by atoms with van der Waals surface area (Å²) >= 11 is 0. The predicted octanol–water partition coefficient (Wildman–Crippen LogP) is 8.69. The largest absolute Gasteiger partial charge is 2.00 e. The van der Waals surface area contributed by atoms with Gasteiger partial charge in [0.1, 0.15) is 0 Å². The Balaban J connectivity index is -0.000000960. The monoisotopic (exact) mass is 396 g/mol. The fraction of sp³-hybridized carbons (Fsp3) is 1.00. The van der Waals surface area contributed by atoms with Crippen LogP contribution in [0.1, 0.15) is 145 Å². The first-order chi connectivity index (χ1) is 12.4. The van der Waals surface area contributed by atoms with Crippen LogP contribution in [-0.2, 0) is 4.74 Å². The van der Waals surface area contributed by atoms with Crippen LogP contribution >= 0.6 is 0 Å². The SMILES string of the molecule is CCCCCCCCCCCCOCCCCCCCCCCCC.[Ca+2].[H-].[H-]. The van der Waals surface area contributed by atoms with E-state index in [9.17, 15) is 0 Å². The molecule has 1 nitrogen and oxygen atoms in total. The molecule has 0 heterocycles. The van der Waals surface area contributed by atoms with Gasteiger partial charge < -0.3 is 7.59 Å². The number of rotatable bonds is 22. The Morgan fingerprint density at radius 1 is 0.385 bits per heavy atom. The van der Waals surface area contributed by atoms with Crippen molar-refractivity contribution in [3.05, 3.63) is 0 Å². The summed E-state index contributed by atoms with van der Waals surface area (Å²) in [7, 11) is 0. The van der Waals surface area contributed by atoms with E-state index in [4.69, 9.17) is 4.74 Å². The molecule has 0 amide bonds. The molecule has 0 aliphatic rings. The van der Waals surface area contributed by atoms with Crippen molar-refractivity contribution in [2.45, 2.75) is 142 Å². The molecular formula is C24H52CaO. The van der Waals surface area contributed by atoms with Crippen LogP contribution in [-0.4, -0.2) is 51.0 Å². The zero-order valence-corrected chi connectivity index (χ0v) is 20.9. The molecular weight excluding hydrogens is 344 g/mol. The summed E-state index contributed by atoms with van der Waals surface area (Å²) in [6, 6.07) is 0. The van der Waals surface area contributed by atoms with Gasteiger partial charge in [0.25, 0.3) is 0 Å². The molecule has 0 saturated heterocycles. The predicted molar refractivity (Wildman–Crippen MR) is 122 cm³/mol. The maximum absolute atomic E-state index is 5.78. The molecule has 0 unspecified atom stereocenters. The quantitative estimate of drug-likeness (QED) is 0.131. The summed E-state index contributed by atoms with van der Waals surface area (Å²) < 4.78 is 5.78. The summed E-state index contributed by atoms with van der Waals surface area (Å²) in [5.41, 5.74) is 0. The van der Waals surface area contributed by atoms with Crippen molar-refractivity contribution >= 4 is 37.7 Å². The van der Waals surface area contributed by atoms with Crippen molar-refractivity contribution in [3.8, 4) is 0 Å². The fourth-order valence-corrected chi connectivity index (χ4v) is 3.49. The summed E-state index contributed by atoms with van der Waals surface area (Å²) in [6.45, 7) is 6.57. The minimum Gasteiger partial charge on any atom is -1.00 e. The second-order valence-electron chi connectivity index (χ2n) is 7.98. The first-order valence-electron chi connectivity index (χ1n) is 12.0. The first kappa shape index (κ1) is 29.4. The molecule has 26 heavy (non-hydrogen) atoms. The molecule has 0 bridgehead atoms. The van der Waals surface area contributed by atoms with E-state index in [1.54, 1.807) is 0 Å². The van der Waals surface area contributed by atoms with Gasteiger partial charge in [0.2, 0.25) is 0 Å². The van der Waals surface area contributed by atoms with Crippen LogP contribution in [0, 0.1) is 0 Å². The van der Waals surface area contributed by atoms with E-state index in [1.165, 1.54) is 128 Å². The van der Waals surface area contributed by atoms with E-state index in [-0.39, 0.29) is 40.6 Å². The summed E-state index contributed by atoms with van der Waals surface area (Å²) in [5, 5.41) is 0. The molecule has 0 N–H and O–H groups in total. The zero-order chi connectivity index (χ0) is 18.3. The molecule has 0 radical (unpaired) electrons. The van der Waals surface area contributed by atoms with Crippen LogP contribution in [0.2, 0.25) is 0 Å². The second kappa shape index (κ2) is 28.4. The van der Waals surface area contributed by atoms with Gasteiger partial charge in [0.15, 0.2) is 0 Å². The van der Waals surface area contributed by atoms with E-state index in [0.29, 0.717) is 0 Å². The Kier molecular flexibility index (Phi) is 32.2. The van der Waals surface area contributed by atoms with E-state index < -0.39 is 0 Å². The molecule has 156 valence electrons. The van der Waals surface area contributed by atoms with E-state index in [0.717, 1.165) is 13.2 Å². The van der Waals surface area contributed by atoms with Gasteiger partial charge in [-0.15, -0.1) is 0 Å². The molecule has 0 rings (SSSR count). The van der Waals surface area contributed by atoms with Crippen LogP contribution in [0.25, 0.3) is 0 Å². The molecule has 0 aliphatic carbocycles. The van der Waals surface area contributed by atoms with Crippen LogP contribution < -0.4 is 0 Å². The Labute approximate surface area is 199 Å². The summed E-state index contributed by atoms with van der Waals surface area (Å²) in [5.74, 6) is 0. The number of hydrogen-bond acceptors (Lipinski definition) is 1. The molecule has 0 aromatic rings. The molecule has 0 atom stereocenters. The Morgan fingerprint density at radius 3 is 0.885 bits per heavy atom. The van der Waals surface area contributed by atoms with Crippen molar-refractivity contribution in [3.63, 3.8) is 0 Å². The minimum absolute atomic E-state index is 0. The summed E-state index contributed by atoms with van der Waals surface area (Å²) in [6.07, 6.45) is 28.2. The van der Waals surface area contributed by atoms with E-state index >= 15 is 0 Å². The Hall–Kier alpha value is 1.22. The Morgan fingerprint density at radius 2 is 0.615 bits per heavy atom. The molecule has 0 aromatic heterocycles. The summed E-state index contributed by atoms with van der Waals surface area (Å²) in [4.78, 5) is 0. The standard InChI is InChI=1S/C24H50O.Ca.2H/c1-3-5-7-9-11-13-15-17-19-21-23-25-24-22-20-18-16-14-12-10-8-6-4-2;;;/h3-24H2,1-2H3;;;/q;+2;2*-1. The first-order valence-corrected chi connectivity index (χ1v) is 12.0. The van der Waals surface area contributed by atoms with Crippen molar-refractivity contribution in [2.75, 3.05) is 13.2 Å². The van der Waals surface area contributed by atoms with Crippen molar-refractivity contribution in [1.82, 2.24) is 0 Å². The minimum atomic E-state index is 0. The van der Waals surface area contributed by atoms with Crippen molar-refractivity contribution in [1.29, 1.82) is 0 Å². The van der Waals surface area contributed by atoms with Gasteiger partial charge in [-0.2, -0.15) is 0 Å². The van der Waals surface area contributed by atoms with Gasteiger partial charge in [-0.25, -0.2) is 0 Å². The molecule has 0 aromatic carbocycles. The number of unbranched alkanes of at least 4 members (excludes halogenated alkanes) is 18. The van der Waals surface area contributed by atoms with Gasteiger partial charge in [-0.05, 0) is 12.8 Å².